The number of Topliss-reactive ketones (excluding diaryl/α,β-unsaturated/α-hetero) is 1. The Hall–Kier alpha value is -4.38. The van der Waals surface area contributed by atoms with Crippen molar-refractivity contribution in [2.75, 3.05) is 32.3 Å². The summed E-state index contributed by atoms with van der Waals surface area (Å²) in [5.41, 5.74) is 0.973. The normalized spacial score (nSPS) is 16.2. The Bertz CT molecular complexity index is 1480. The molecule has 1 aliphatic heterocycles. The molecule has 0 saturated carbocycles. The fraction of sp³-hybridized carbons (Fsp3) is 0.310. The van der Waals surface area contributed by atoms with Crippen molar-refractivity contribution in [1.82, 2.24) is 4.98 Å². The van der Waals surface area contributed by atoms with Crippen molar-refractivity contribution >= 4 is 39.9 Å². The largest absolute Gasteiger partial charge is 0.507 e. The Labute approximate surface area is 235 Å². The van der Waals surface area contributed by atoms with Gasteiger partial charge in [-0.1, -0.05) is 36.5 Å². The highest BCUT2D eigenvalue weighted by Crippen LogP contribution is 2.45. The van der Waals surface area contributed by atoms with Gasteiger partial charge in [-0.25, -0.2) is 9.78 Å². The Morgan fingerprint density at radius 1 is 1.07 bits per heavy atom. The third kappa shape index (κ3) is 5.37. The lowest BCUT2D eigenvalue weighted by atomic mass is 9.95. The molecule has 1 fully saturated rings. The predicted molar refractivity (Wildman–Crippen MR) is 149 cm³/mol. The topological polar surface area (TPSA) is 124 Å². The van der Waals surface area contributed by atoms with Gasteiger partial charge >= 0.3 is 11.9 Å². The van der Waals surface area contributed by atoms with E-state index in [0.717, 1.165) is 17.8 Å². The van der Waals surface area contributed by atoms with Crippen molar-refractivity contribution in [3.63, 3.8) is 0 Å². The van der Waals surface area contributed by atoms with Crippen molar-refractivity contribution < 1.29 is 38.4 Å². The number of benzene rings is 2. The minimum absolute atomic E-state index is 0.108. The first-order valence-corrected chi connectivity index (χ1v) is 13.5. The van der Waals surface area contributed by atoms with Gasteiger partial charge in [0.05, 0.1) is 44.7 Å². The van der Waals surface area contributed by atoms with E-state index in [1.54, 1.807) is 49.4 Å². The molecule has 3 aromatic rings. The highest BCUT2D eigenvalue weighted by atomic mass is 32.1. The zero-order valence-corrected chi connectivity index (χ0v) is 23.7. The van der Waals surface area contributed by atoms with Crippen LogP contribution < -0.4 is 19.1 Å². The van der Waals surface area contributed by atoms with Crippen molar-refractivity contribution in [3.8, 4) is 17.2 Å². The molecule has 1 aliphatic rings. The molecule has 0 spiro atoms. The number of ether oxygens (including phenoxy) is 4. The molecule has 11 heteroatoms. The van der Waals surface area contributed by atoms with Crippen LogP contribution in [0.2, 0.25) is 0 Å². The third-order valence-corrected chi connectivity index (χ3v) is 7.33. The van der Waals surface area contributed by atoms with Crippen molar-refractivity contribution in [1.29, 1.82) is 0 Å². The molecule has 10 nitrogen and oxygen atoms in total. The van der Waals surface area contributed by atoms with Gasteiger partial charge in [-0.3, -0.25) is 14.5 Å². The van der Waals surface area contributed by atoms with Crippen LogP contribution >= 0.6 is 11.3 Å². The third-order valence-electron chi connectivity index (χ3n) is 6.19. The molecule has 210 valence electrons. The number of aliphatic hydroxyl groups excluding tert-OH is 1. The number of aromatic nitrogens is 1. The summed E-state index contributed by atoms with van der Waals surface area (Å²) in [6, 6.07) is 10.6. The Morgan fingerprint density at radius 3 is 2.52 bits per heavy atom. The lowest BCUT2D eigenvalue weighted by molar-refractivity contribution is -0.132. The number of aliphatic hydroxyl groups is 1. The average molecular weight is 567 g/mol. The smallest absolute Gasteiger partial charge is 0.350 e. The SMILES string of the molecule is CCCOc1cccc(/C(O)=C2\C(=O)C(=O)N(c3nc(C)c(C(=O)OC)s3)C2c2ccc(OCC)c(OC)c2)c1. The number of amides is 1. The summed E-state index contributed by atoms with van der Waals surface area (Å²) in [5, 5.41) is 11.6. The molecule has 40 heavy (non-hydrogen) atoms. The first-order chi connectivity index (χ1) is 19.2. The number of hydrogen-bond acceptors (Lipinski definition) is 10. The summed E-state index contributed by atoms with van der Waals surface area (Å²) < 4.78 is 21.7. The number of carbonyl (C=O) groups is 3. The lowest BCUT2D eigenvalue weighted by Crippen LogP contribution is -2.29. The molecular weight excluding hydrogens is 536 g/mol. The number of aryl methyl sites for hydroxylation is 1. The number of methoxy groups -OCH3 is 2. The average Bonchev–Trinajstić information content (AvgIpc) is 3.47. The number of carbonyl (C=O) groups excluding carboxylic acids is 3. The van der Waals surface area contributed by atoms with Gasteiger partial charge in [0, 0.05) is 5.56 Å². The minimum Gasteiger partial charge on any atom is -0.507 e. The first kappa shape index (κ1) is 28.6. The molecule has 1 unspecified atom stereocenters. The molecule has 1 saturated heterocycles. The van der Waals surface area contributed by atoms with E-state index in [-0.39, 0.29) is 21.3 Å². The maximum Gasteiger partial charge on any atom is 0.350 e. The van der Waals surface area contributed by atoms with Crippen LogP contribution in [0.1, 0.15) is 52.8 Å². The van der Waals surface area contributed by atoms with Gasteiger partial charge < -0.3 is 24.1 Å². The highest BCUT2D eigenvalue weighted by Gasteiger charge is 2.48. The van der Waals surface area contributed by atoms with E-state index in [1.165, 1.54) is 19.1 Å². The molecule has 0 bridgehead atoms. The van der Waals surface area contributed by atoms with E-state index in [4.69, 9.17) is 18.9 Å². The zero-order valence-electron chi connectivity index (χ0n) is 22.8. The van der Waals surface area contributed by atoms with Crippen LogP contribution in [-0.4, -0.2) is 55.2 Å². The minimum atomic E-state index is -1.08. The molecule has 1 amide bonds. The lowest BCUT2D eigenvalue weighted by Gasteiger charge is -2.24. The molecule has 4 rings (SSSR count). The van der Waals surface area contributed by atoms with Gasteiger partial charge in [0.2, 0.25) is 0 Å². The maximum atomic E-state index is 13.5. The van der Waals surface area contributed by atoms with E-state index in [0.29, 0.717) is 47.3 Å². The second kappa shape index (κ2) is 12.2. The van der Waals surface area contributed by atoms with E-state index >= 15 is 0 Å². The maximum absolute atomic E-state index is 13.5. The molecule has 2 aromatic carbocycles. The van der Waals surface area contributed by atoms with Crippen LogP contribution in [0.15, 0.2) is 48.0 Å². The molecule has 1 N–H and O–H groups in total. The Balaban J connectivity index is 1.93. The van der Waals surface area contributed by atoms with Crippen LogP contribution in [0.5, 0.6) is 17.2 Å². The van der Waals surface area contributed by atoms with E-state index in [2.05, 4.69) is 4.98 Å². The van der Waals surface area contributed by atoms with Crippen LogP contribution in [-0.2, 0) is 14.3 Å². The first-order valence-electron chi connectivity index (χ1n) is 12.7. The summed E-state index contributed by atoms with van der Waals surface area (Å²) in [7, 11) is 2.73. The number of nitrogens with zero attached hydrogens (tertiary/aromatic N) is 2. The van der Waals surface area contributed by atoms with Crippen LogP contribution in [0, 0.1) is 6.92 Å². The number of hydrogen-bond donors (Lipinski definition) is 1. The van der Waals surface area contributed by atoms with E-state index in [1.807, 2.05) is 13.8 Å². The number of esters is 1. The van der Waals surface area contributed by atoms with Crippen molar-refractivity contribution in [2.24, 2.45) is 0 Å². The molecule has 2 heterocycles. The second-order valence-electron chi connectivity index (χ2n) is 8.79. The standard InChI is InChI=1S/C29H30N2O8S/c1-6-13-39-19-10-8-9-18(14-19)24(32)22-23(17-11-12-20(38-7-2)21(15-17)36-4)31(27(34)25(22)33)29-30-16(3)26(40-29)28(35)37-5/h8-12,14-15,23,32H,6-7,13H2,1-5H3/b24-22+. The van der Waals surface area contributed by atoms with Gasteiger partial charge in [-0.2, -0.15) is 0 Å². The summed E-state index contributed by atoms with van der Waals surface area (Å²) in [5.74, 6) is -1.42. The number of thiazole rings is 1. The molecule has 1 atom stereocenters. The van der Waals surface area contributed by atoms with Crippen LogP contribution in [0.4, 0.5) is 5.13 Å². The monoisotopic (exact) mass is 566 g/mol. The van der Waals surface area contributed by atoms with Crippen LogP contribution in [0.3, 0.4) is 0 Å². The zero-order chi connectivity index (χ0) is 29.0. The molecule has 0 radical (unpaired) electrons. The quantitative estimate of drug-likeness (QED) is 0.155. The van der Waals surface area contributed by atoms with Gasteiger partial charge in [-0.05, 0) is 50.1 Å². The Kier molecular flexibility index (Phi) is 8.73. The number of rotatable bonds is 10. The summed E-state index contributed by atoms with van der Waals surface area (Å²) in [6.45, 7) is 6.30. The fourth-order valence-corrected chi connectivity index (χ4v) is 5.36. The van der Waals surface area contributed by atoms with E-state index in [9.17, 15) is 19.5 Å². The van der Waals surface area contributed by atoms with E-state index < -0.39 is 23.7 Å². The highest BCUT2D eigenvalue weighted by molar-refractivity contribution is 7.17. The predicted octanol–water partition coefficient (Wildman–Crippen LogP) is 5.06. The summed E-state index contributed by atoms with van der Waals surface area (Å²) in [4.78, 5) is 45.2. The molecular formula is C29H30N2O8S. The van der Waals surface area contributed by atoms with Crippen molar-refractivity contribution in [2.45, 2.75) is 33.2 Å². The van der Waals surface area contributed by atoms with Gasteiger partial charge in [0.15, 0.2) is 16.6 Å². The van der Waals surface area contributed by atoms with Crippen molar-refractivity contribution in [3.05, 3.63) is 69.7 Å². The Morgan fingerprint density at radius 2 is 1.85 bits per heavy atom. The summed E-state index contributed by atoms with van der Waals surface area (Å²) in [6.07, 6.45) is 0.793. The number of ketones is 1. The number of anilines is 1. The molecule has 1 aromatic heterocycles. The second-order valence-corrected chi connectivity index (χ2v) is 9.77. The van der Waals surface area contributed by atoms with Gasteiger partial charge in [0.1, 0.15) is 16.4 Å². The van der Waals surface area contributed by atoms with Crippen LogP contribution in [0.25, 0.3) is 5.76 Å². The van der Waals surface area contributed by atoms with Gasteiger partial charge in [-0.15, -0.1) is 0 Å². The molecule has 0 aliphatic carbocycles. The summed E-state index contributed by atoms with van der Waals surface area (Å²) >= 11 is 0.923. The van der Waals surface area contributed by atoms with Gasteiger partial charge in [0.25, 0.3) is 5.78 Å². The fourth-order valence-electron chi connectivity index (χ4n) is 4.35.